The Morgan fingerprint density at radius 2 is 2.21 bits per heavy atom. The first-order valence-corrected chi connectivity index (χ1v) is 4.82. The van der Waals surface area contributed by atoms with Crippen molar-refractivity contribution in [2.24, 2.45) is 0 Å². The second-order valence-electron chi connectivity index (χ2n) is 3.37. The van der Waals surface area contributed by atoms with Crippen molar-refractivity contribution in [3.63, 3.8) is 0 Å². The summed E-state index contributed by atoms with van der Waals surface area (Å²) in [6, 6.07) is 2.70. The van der Waals surface area contributed by atoms with Gasteiger partial charge in [0.1, 0.15) is 11.5 Å². The summed E-state index contributed by atoms with van der Waals surface area (Å²) in [6.07, 6.45) is 0. The molecule has 2 aromatic rings. The fourth-order valence-corrected chi connectivity index (χ4v) is 1.30. The predicted octanol–water partition coefficient (Wildman–Crippen LogP) is 0.951. The SMILES string of the molecule is Nc1nonc1C(=O)Nc1ccc(F)cc1[N+](=O)[O-]. The van der Waals surface area contributed by atoms with Crippen LogP contribution in [0.15, 0.2) is 22.8 Å². The van der Waals surface area contributed by atoms with Crippen molar-refractivity contribution < 1.29 is 18.7 Å². The van der Waals surface area contributed by atoms with E-state index in [4.69, 9.17) is 5.73 Å². The molecular formula is C9H6FN5O4. The lowest BCUT2D eigenvalue weighted by atomic mass is 10.2. The Bertz CT molecular complexity index is 656. The number of hydrogen-bond acceptors (Lipinski definition) is 7. The van der Waals surface area contributed by atoms with Crippen molar-refractivity contribution in [1.29, 1.82) is 0 Å². The fraction of sp³-hybridized carbons (Fsp3) is 0. The van der Waals surface area contributed by atoms with Crippen molar-refractivity contribution in [2.75, 3.05) is 11.1 Å². The summed E-state index contributed by atoms with van der Waals surface area (Å²) in [7, 11) is 0. The van der Waals surface area contributed by atoms with Crippen LogP contribution < -0.4 is 11.1 Å². The zero-order valence-electron chi connectivity index (χ0n) is 9.16. The molecule has 0 radical (unpaired) electrons. The summed E-state index contributed by atoms with van der Waals surface area (Å²) in [5.74, 6) is -1.91. The number of halogens is 1. The molecule has 1 amide bonds. The Kier molecular flexibility index (Phi) is 3.06. The Morgan fingerprint density at radius 1 is 1.47 bits per heavy atom. The van der Waals surface area contributed by atoms with Gasteiger partial charge in [0.25, 0.3) is 11.6 Å². The second kappa shape index (κ2) is 4.68. The Hall–Kier alpha value is -3.04. The molecule has 19 heavy (non-hydrogen) atoms. The van der Waals surface area contributed by atoms with Crippen molar-refractivity contribution in [2.45, 2.75) is 0 Å². The van der Waals surface area contributed by atoms with Crippen LogP contribution >= 0.6 is 0 Å². The number of aromatic nitrogens is 2. The number of nitrogens with one attached hydrogen (secondary N) is 1. The molecule has 10 heteroatoms. The number of carbonyl (C=O) groups excluding carboxylic acids is 1. The summed E-state index contributed by atoms with van der Waals surface area (Å²) in [5.41, 5.74) is 4.18. The van der Waals surface area contributed by atoms with E-state index in [-0.39, 0.29) is 17.2 Å². The van der Waals surface area contributed by atoms with Gasteiger partial charge in [0.2, 0.25) is 11.5 Å². The number of nitrogens with two attached hydrogens (primary N) is 1. The highest BCUT2D eigenvalue weighted by molar-refractivity contribution is 6.06. The molecule has 0 bridgehead atoms. The molecule has 0 saturated heterocycles. The first-order valence-electron chi connectivity index (χ1n) is 4.82. The molecular weight excluding hydrogens is 261 g/mol. The maximum Gasteiger partial charge on any atom is 0.295 e. The first-order chi connectivity index (χ1) is 8.99. The van der Waals surface area contributed by atoms with E-state index in [1.807, 2.05) is 0 Å². The van der Waals surface area contributed by atoms with Gasteiger partial charge in [-0.05, 0) is 22.4 Å². The van der Waals surface area contributed by atoms with Crippen molar-refractivity contribution in [3.8, 4) is 0 Å². The molecule has 0 saturated carbocycles. The first kappa shape index (κ1) is 12.4. The van der Waals surface area contributed by atoms with Crippen molar-refractivity contribution >= 4 is 23.1 Å². The molecule has 9 nitrogen and oxygen atoms in total. The average Bonchev–Trinajstić information content (AvgIpc) is 2.77. The van der Waals surface area contributed by atoms with Gasteiger partial charge in [-0.25, -0.2) is 9.02 Å². The molecule has 0 atom stereocenters. The standard InChI is InChI=1S/C9H6FN5O4/c10-4-1-2-5(6(3-4)15(17)18)12-9(16)7-8(11)14-19-13-7/h1-3H,(H2,11,14)(H,12,16). The number of benzene rings is 1. The molecule has 2 rings (SSSR count). The highest BCUT2D eigenvalue weighted by Crippen LogP contribution is 2.25. The molecule has 1 aromatic carbocycles. The number of nitro benzene ring substituents is 1. The van der Waals surface area contributed by atoms with E-state index < -0.39 is 22.3 Å². The molecule has 0 aliphatic carbocycles. The highest BCUT2D eigenvalue weighted by Gasteiger charge is 2.21. The van der Waals surface area contributed by atoms with Gasteiger partial charge in [0.15, 0.2) is 0 Å². The third kappa shape index (κ3) is 2.46. The summed E-state index contributed by atoms with van der Waals surface area (Å²) in [4.78, 5) is 21.6. The monoisotopic (exact) mass is 267 g/mol. The molecule has 0 aliphatic rings. The maximum absolute atomic E-state index is 12.9. The molecule has 1 aromatic heterocycles. The molecule has 3 N–H and O–H groups in total. The van der Waals surface area contributed by atoms with E-state index in [9.17, 15) is 19.3 Å². The van der Waals surface area contributed by atoms with E-state index in [1.54, 1.807) is 0 Å². The van der Waals surface area contributed by atoms with Crippen LogP contribution in [0.1, 0.15) is 10.5 Å². The molecule has 0 fully saturated rings. The van der Waals surface area contributed by atoms with Gasteiger partial charge >= 0.3 is 0 Å². The summed E-state index contributed by atoms with van der Waals surface area (Å²) >= 11 is 0. The van der Waals surface area contributed by atoms with E-state index in [1.165, 1.54) is 0 Å². The zero-order valence-corrected chi connectivity index (χ0v) is 9.16. The number of nitro groups is 1. The van der Waals surface area contributed by atoms with Crippen molar-refractivity contribution in [1.82, 2.24) is 10.3 Å². The van der Waals surface area contributed by atoms with Crippen LogP contribution in [0.25, 0.3) is 0 Å². The van der Waals surface area contributed by atoms with Crippen LogP contribution in [-0.4, -0.2) is 21.1 Å². The lowest BCUT2D eigenvalue weighted by Gasteiger charge is -2.04. The van der Waals surface area contributed by atoms with E-state index in [2.05, 4.69) is 20.3 Å². The van der Waals surface area contributed by atoms with E-state index >= 15 is 0 Å². The van der Waals surface area contributed by atoms with Gasteiger partial charge in [-0.15, -0.1) is 0 Å². The lowest BCUT2D eigenvalue weighted by molar-refractivity contribution is -0.384. The lowest BCUT2D eigenvalue weighted by Crippen LogP contribution is -2.15. The van der Waals surface area contributed by atoms with Crippen LogP contribution in [0.3, 0.4) is 0 Å². The van der Waals surface area contributed by atoms with E-state index in [0.717, 1.165) is 12.1 Å². The number of carbonyl (C=O) groups is 1. The third-order valence-electron chi connectivity index (χ3n) is 2.13. The quantitative estimate of drug-likeness (QED) is 0.623. The normalized spacial score (nSPS) is 10.2. The predicted molar refractivity (Wildman–Crippen MR) is 59.7 cm³/mol. The number of nitrogens with zero attached hydrogens (tertiary/aromatic N) is 3. The minimum Gasteiger partial charge on any atom is -0.379 e. The molecule has 0 aliphatic heterocycles. The number of amides is 1. The minimum absolute atomic E-state index is 0.196. The Balaban J connectivity index is 2.32. The minimum atomic E-state index is -0.853. The van der Waals surface area contributed by atoms with Crippen molar-refractivity contribution in [3.05, 3.63) is 39.8 Å². The molecule has 0 unspecified atom stereocenters. The van der Waals surface area contributed by atoms with Crippen LogP contribution in [0.5, 0.6) is 0 Å². The molecule has 0 spiro atoms. The maximum atomic E-state index is 12.9. The zero-order chi connectivity index (χ0) is 14.0. The molecule has 98 valence electrons. The van der Waals surface area contributed by atoms with E-state index in [0.29, 0.717) is 6.07 Å². The van der Waals surface area contributed by atoms with Crippen LogP contribution in [0, 0.1) is 15.9 Å². The third-order valence-corrected chi connectivity index (χ3v) is 2.13. The second-order valence-corrected chi connectivity index (χ2v) is 3.37. The number of nitrogen functional groups attached to an aromatic ring is 1. The Labute approximate surface area is 104 Å². The van der Waals surface area contributed by atoms with Gasteiger partial charge in [-0.2, -0.15) is 0 Å². The molecule has 1 heterocycles. The highest BCUT2D eigenvalue weighted by atomic mass is 19.1. The van der Waals surface area contributed by atoms with Gasteiger partial charge in [-0.1, -0.05) is 0 Å². The largest absolute Gasteiger partial charge is 0.379 e. The van der Waals surface area contributed by atoms with Gasteiger partial charge in [0, 0.05) is 0 Å². The van der Waals surface area contributed by atoms with Crippen LogP contribution in [0.2, 0.25) is 0 Å². The summed E-state index contributed by atoms with van der Waals surface area (Å²) in [5, 5.41) is 19.3. The fourth-order valence-electron chi connectivity index (χ4n) is 1.30. The summed E-state index contributed by atoms with van der Waals surface area (Å²) < 4.78 is 17.1. The number of anilines is 2. The van der Waals surface area contributed by atoms with Crippen LogP contribution in [-0.2, 0) is 0 Å². The number of hydrogen-bond donors (Lipinski definition) is 2. The van der Waals surface area contributed by atoms with Crippen LogP contribution in [0.4, 0.5) is 21.6 Å². The average molecular weight is 267 g/mol. The topological polar surface area (TPSA) is 137 Å². The Morgan fingerprint density at radius 3 is 2.79 bits per heavy atom. The number of rotatable bonds is 3. The van der Waals surface area contributed by atoms with Gasteiger partial charge < -0.3 is 11.1 Å². The van der Waals surface area contributed by atoms with Gasteiger partial charge in [-0.3, -0.25) is 14.9 Å². The summed E-state index contributed by atoms with van der Waals surface area (Å²) in [6.45, 7) is 0. The van der Waals surface area contributed by atoms with Gasteiger partial charge in [0.05, 0.1) is 11.0 Å². The smallest absolute Gasteiger partial charge is 0.295 e.